The van der Waals surface area contributed by atoms with Gasteiger partial charge in [0.25, 0.3) is 0 Å². The van der Waals surface area contributed by atoms with Gasteiger partial charge in [0.05, 0.1) is 12.8 Å². The highest BCUT2D eigenvalue weighted by Gasteiger charge is 2.32. The van der Waals surface area contributed by atoms with E-state index in [0.717, 1.165) is 28.1 Å². The van der Waals surface area contributed by atoms with Gasteiger partial charge in [0, 0.05) is 17.7 Å². The zero-order valence-corrected chi connectivity index (χ0v) is 15.3. The third-order valence-corrected chi connectivity index (χ3v) is 4.83. The highest BCUT2D eigenvalue weighted by atomic mass is 16.5. The summed E-state index contributed by atoms with van der Waals surface area (Å²) in [6, 6.07) is 28.2. The van der Waals surface area contributed by atoms with Crippen molar-refractivity contribution in [1.82, 2.24) is 0 Å². The Labute approximate surface area is 159 Å². The number of carbonyl (C=O) groups excluding carboxylic acids is 1. The van der Waals surface area contributed by atoms with E-state index in [1.54, 1.807) is 7.11 Å². The van der Waals surface area contributed by atoms with Gasteiger partial charge < -0.3 is 4.74 Å². The molecule has 1 aliphatic rings. The van der Waals surface area contributed by atoms with Crippen molar-refractivity contribution < 1.29 is 9.53 Å². The number of methoxy groups -OCH3 is 1. The summed E-state index contributed by atoms with van der Waals surface area (Å²) in [5.41, 5.74) is 5.11. The Bertz CT molecular complexity index is 936. The molecule has 1 aliphatic heterocycles. The van der Waals surface area contributed by atoms with Crippen molar-refractivity contribution in [3.05, 3.63) is 102 Å². The van der Waals surface area contributed by atoms with Crippen LogP contribution < -0.4 is 9.64 Å². The van der Waals surface area contributed by atoms with E-state index in [1.165, 1.54) is 0 Å². The smallest absolute Gasteiger partial charge is 0.231 e. The zero-order chi connectivity index (χ0) is 18.6. The molecule has 1 saturated heterocycles. The predicted molar refractivity (Wildman–Crippen MR) is 109 cm³/mol. The molecule has 1 heterocycles. The first kappa shape index (κ1) is 17.1. The third-order valence-electron chi connectivity index (χ3n) is 4.83. The number of amides is 1. The molecule has 0 atom stereocenters. The fraction of sp³-hybridized carbons (Fsp3) is 0.125. The van der Waals surface area contributed by atoms with Crippen LogP contribution in [0, 0.1) is 0 Å². The van der Waals surface area contributed by atoms with Gasteiger partial charge in [0.15, 0.2) is 0 Å². The van der Waals surface area contributed by atoms with Gasteiger partial charge in [0.1, 0.15) is 5.75 Å². The molecule has 0 aliphatic carbocycles. The summed E-state index contributed by atoms with van der Waals surface area (Å²) in [4.78, 5) is 14.7. The second-order valence-corrected chi connectivity index (χ2v) is 6.45. The van der Waals surface area contributed by atoms with Crippen LogP contribution in [0.1, 0.15) is 24.0 Å². The minimum atomic E-state index is 0.0962. The first-order valence-corrected chi connectivity index (χ1v) is 9.09. The Balaban J connectivity index is 1.96. The zero-order valence-electron chi connectivity index (χ0n) is 15.3. The number of nitrogens with zero attached hydrogens (tertiary/aromatic N) is 1. The highest BCUT2D eigenvalue weighted by Crippen LogP contribution is 2.41. The highest BCUT2D eigenvalue weighted by molar-refractivity contribution is 6.04. The van der Waals surface area contributed by atoms with Crippen molar-refractivity contribution >= 4 is 17.2 Å². The van der Waals surface area contributed by atoms with Gasteiger partial charge in [-0.05, 0) is 29.7 Å². The second-order valence-electron chi connectivity index (χ2n) is 6.45. The summed E-state index contributed by atoms with van der Waals surface area (Å²) in [7, 11) is 1.64. The number of carbonyl (C=O) groups is 1. The van der Waals surface area contributed by atoms with Crippen LogP contribution in [0.15, 0.2) is 90.6 Å². The average Bonchev–Trinajstić information content (AvgIpc) is 3.10. The molecule has 134 valence electrons. The first-order valence-electron chi connectivity index (χ1n) is 9.09. The Kier molecular flexibility index (Phi) is 4.75. The van der Waals surface area contributed by atoms with Gasteiger partial charge in [-0.2, -0.15) is 0 Å². The third kappa shape index (κ3) is 3.24. The summed E-state index contributed by atoms with van der Waals surface area (Å²) >= 11 is 0. The monoisotopic (exact) mass is 355 g/mol. The number of hydrogen-bond acceptors (Lipinski definition) is 2. The van der Waals surface area contributed by atoms with Crippen LogP contribution in [0.5, 0.6) is 5.75 Å². The van der Waals surface area contributed by atoms with Crippen LogP contribution >= 0.6 is 0 Å². The maximum atomic E-state index is 12.9. The molecule has 0 bridgehead atoms. The molecule has 0 unspecified atom stereocenters. The molecule has 1 amide bonds. The van der Waals surface area contributed by atoms with Crippen LogP contribution in [-0.4, -0.2) is 13.0 Å². The van der Waals surface area contributed by atoms with Gasteiger partial charge in [-0.25, -0.2) is 0 Å². The maximum Gasteiger partial charge on any atom is 0.231 e. The lowest BCUT2D eigenvalue weighted by Crippen LogP contribution is -2.24. The lowest BCUT2D eigenvalue weighted by atomic mass is 9.95. The number of allylic oxidation sites excluding steroid dienone is 1. The van der Waals surface area contributed by atoms with Crippen LogP contribution in [0.2, 0.25) is 0 Å². The van der Waals surface area contributed by atoms with Gasteiger partial charge >= 0.3 is 0 Å². The Hall–Kier alpha value is -3.33. The van der Waals surface area contributed by atoms with E-state index in [4.69, 9.17) is 4.74 Å². The predicted octanol–water partition coefficient (Wildman–Crippen LogP) is 5.28. The Morgan fingerprint density at radius 2 is 1.33 bits per heavy atom. The summed E-state index contributed by atoms with van der Waals surface area (Å²) in [5.74, 6) is 0.796. The fourth-order valence-electron chi connectivity index (χ4n) is 3.64. The van der Waals surface area contributed by atoms with Gasteiger partial charge in [0.2, 0.25) is 5.91 Å². The van der Waals surface area contributed by atoms with E-state index in [1.807, 2.05) is 65.6 Å². The van der Waals surface area contributed by atoms with Crippen LogP contribution in [0.4, 0.5) is 5.69 Å². The van der Waals surface area contributed by atoms with E-state index < -0.39 is 0 Å². The molecule has 3 aromatic rings. The van der Waals surface area contributed by atoms with Crippen molar-refractivity contribution in [3.8, 4) is 5.75 Å². The van der Waals surface area contributed by atoms with Crippen molar-refractivity contribution in [2.45, 2.75) is 12.8 Å². The lowest BCUT2D eigenvalue weighted by Gasteiger charge is -2.24. The number of benzene rings is 3. The lowest BCUT2D eigenvalue weighted by molar-refractivity contribution is -0.116. The van der Waals surface area contributed by atoms with Crippen LogP contribution in [-0.2, 0) is 4.79 Å². The molecule has 3 nitrogen and oxygen atoms in total. The summed E-state index contributed by atoms with van der Waals surface area (Å²) < 4.78 is 5.53. The molecule has 3 heteroatoms. The molecule has 1 fully saturated rings. The fourth-order valence-corrected chi connectivity index (χ4v) is 3.64. The molecular formula is C24H21NO2. The number of rotatable bonds is 4. The summed E-state index contributed by atoms with van der Waals surface area (Å²) in [6.07, 6.45) is 1.20. The summed E-state index contributed by atoms with van der Waals surface area (Å²) in [5, 5.41) is 0. The van der Waals surface area contributed by atoms with E-state index in [2.05, 4.69) is 24.3 Å². The molecule has 3 aromatic carbocycles. The normalized spacial score (nSPS) is 13.7. The van der Waals surface area contributed by atoms with E-state index in [-0.39, 0.29) is 5.91 Å². The molecule has 4 rings (SSSR count). The van der Waals surface area contributed by atoms with Gasteiger partial charge in [-0.15, -0.1) is 0 Å². The van der Waals surface area contributed by atoms with Crippen LogP contribution in [0.3, 0.4) is 0 Å². The van der Waals surface area contributed by atoms with Crippen molar-refractivity contribution in [1.29, 1.82) is 0 Å². The number of para-hydroxylation sites is 2. The topological polar surface area (TPSA) is 29.5 Å². The van der Waals surface area contributed by atoms with E-state index in [0.29, 0.717) is 18.6 Å². The van der Waals surface area contributed by atoms with Crippen molar-refractivity contribution in [3.63, 3.8) is 0 Å². The van der Waals surface area contributed by atoms with E-state index in [9.17, 15) is 4.79 Å². The standard InChI is InChI=1S/C24H21NO2/c1-27-22-15-9-8-14-20(22)25-21(16-17-23(25)26)24(18-10-4-2-5-11-18)19-12-6-3-7-13-19/h2-15H,16-17H2,1H3. The Morgan fingerprint density at radius 3 is 1.93 bits per heavy atom. The number of anilines is 1. The molecule has 0 saturated carbocycles. The molecule has 0 aromatic heterocycles. The van der Waals surface area contributed by atoms with Gasteiger partial charge in [-0.3, -0.25) is 9.69 Å². The molecular weight excluding hydrogens is 334 g/mol. The first-order chi connectivity index (χ1) is 13.3. The number of hydrogen-bond donors (Lipinski definition) is 0. The molecule has 0 radical (unpaired) electrons. The minimum Gasteiger partial charge on any atom is -0.495 e. The van der Waals surface area contributed by atoms with E-state index >= 15 is 0 Å². The van der Waals surface area contributed by atoms with Crippen LogP contribution in [0.25, 0.3) is 5.57 Å². The minimum absolute atomic E-state index is 0.0962. The SMILES string of the molecule is COc1ccccc1N1C(=O)CCC1=C(c1ccccc1)c1ccccc1. The largest absolute Gasteiger partial charge is 0.495 e. The molecule has 0 N–H and O–H groups in total. The molecule has 0 spiro atoms. The maximum absolute atomic E-state index is 12.9. The number of ether oxygens (including phenoxy) is 1. The Morgan fingerprint density at radius 1 is 0.778 bits per heavy atom. The van der Waals surface area contributed by atoms with Gasteiger partial charge in [-0.1, -0.05) is 72.8 Å². The van der Waals surface area contributed by atoms with Crippen molar-refractivity contribution in [2.24, 2.45) is 0 Å². The average molecular weight is 355 g/mol. The summed E-state index contributed by atoms with van der Waals surface area (Å²) in [6.45, 7) is 0. The second kappa shape index (κ2) is 7.50. The quantitative estimate of drug-likeness (QED) is 0.637. The van der Waals surface area contributed by atoms with Crippen molar-refractivity contribution in [2.75, 3.05) is 12.0 Å². The molecule has 27 heavy (non-hydrogen) atoms.